The Kier molecular flexibility index (Phi) is 22.5. The summed E-state index contributed by atoms with van der Waals surface area (Å²) < 4.78 is 22.4. The van der Waals surface area contributed by atoms with Crippen LogP contribution >= 0.6 is 0 Å². The van der Waals surface area contributed by atoms with Crippen LogP contribution in [0, 0.1) is 5.41 Å². The van der Waals surface area contributed by atoms with E-state index in [0.29, 0.717) is 25.4 Å². The molecule has 0 radical (unpaired) electrons. The molecule has 0 saturated heterocycles. The van der Waals surface area contributed by atoms with Crippen molar-refractivity contribution in [2.75, 3.05) is 19.7 Å². The number of benzene rings is 1. The topological polar surface area (TPSA) is 152 Å². The summed E-state index contributed by atoms with van der Waals surface area (Å²) in [6.45, 7) is 21.5. The molecule has 1 aromatic carbocycles. The molecule has 0 fully saturated rings. The molecule has 0 unspecified atom stereocenters. The van der Waals surface area contributed by atoms with Crippen LogP contribution in [-0.4, -0.2) is 77.1 Å². The molecule has 0 aliphatic rings. The van der Waals surface area contributed by atoms with E-state index in [1.807, 2.05) is 52.0 Å². The van der Waals surface area contributed by atoms with Crippen LogP contribution < -0.4 is 10.1 Å². The maximum atomic E-state index is 13.1. The van der Waals surface area contributed by atoms with Crippen molar-refractivity contribution in [1.29, 1.82) is 5.41 Å². The summed E-state index contributed by atoms with van der Waals surface area (Å²) in [4.78, 5) is 48.7. The Morgan fingerprint density at radius 3 is 1.76 bits per heavy atom. The predicted molar refractivity (Wildman–Crippen MR) is 223 cm³/mol. The third-order valence-corrected chi connectivity index (χ3v) is 7.91. The number of guanidine groups is 1. The first-order valence-electron chi connectivity index (χ1n) is 20.3. The largest absolute Gasteiger partial charge is 0.494 e. The van der Waals surface area contributed by atoms with Gasteiger partial charge >= 0.3 is 18.3 Å². The lowest BCUT2D eigenvalue weighted by atomic mass is 10.0. The number of ether oxygens (including phenoxy) is 4. The Labute approximate surface area is 332 Å². The van der Waals surface area contributed by atoms with Gasteiger partial charge in [0.1, 0.15) is 22.6 Å². The minimum Gasteiger partial charge on any atom is -0.494 e. The fraction of sp³-hybridized carbons (Fsp3) is 0.721. The summed E-state index contributed by atoms with van der Waals surface area (Å²) in [5, 5.41) is 10.4. The zero-order valence-corrected chi connectivity index (χ0v) is 36.0. The number of nitrogens with one attached hydrogen (secondary N) is 2. The average molecular weight is 772 g/mol. The lowest BCUT2D eigenvalue weighted by Crippen LogP contribution is -2.50. The molecule has 1 rings (SSSR count). The number of rotatable bonds is 21. The van der Waals surface area contributed by atoms with Crippen molar-refractivity contribution in [2.24, 2.45) is 9.98 Å². The fourth-order valence-electron chi connectivity index (χ4n) is 5.26. The van der Waals surface area contributed by atoms with Gasteiger partial charge < -0.3 is 24.4 Å². The Hall–Kier alpha value is -3.96. The lowest BCUT2D eigenvalue weighted by molar-refractivity contribution is 0.0355. The molecule has 0 heterocycles. The van der Waals surface area contributed by atoms with E-state index < -0.39 is 35.1 Å². The van der Waals surface area contributed by atoms with Gasteiger partial charge in [-0.2, -0.15) is 4.99 Å². The van der Waals surface area contributed by atoms with Crippen LogP contribution in [0.3, 0.4) is 0 Å². The van der Waals surface area contributed by atoms with Gasteiger partial charge in [-0.1, -0.05) is 45.4 Å². The number of unbranched alkanes of at least 4 members (excludes halogenated alkanes) is 9. The van der Waals surface area contributed by atoms with E-state index in [0.717, 1.165) is 107 Å². The zero-order chi connectivity index (χ0) is 41.5. The number of aliphatic imine (C=N–C) groups is 2. The number of alkyl carbamates (subject to hydrolysis) is 1. The van der Waals surface area contributed by atoms with Crippen molar-refractivity contribution in [3.05, 3.63) is 29.8 Å². The second-order valence-electron chi connectivity index (χ2n) is 17.0. The molecule has 0 atom stereocenters. The number of nitrogens with zero attached hydrogens (tertiary/aromatic N) is 3. The molecule has 0 saturated carbocycles. The van der Waals surface area contributed by atoms with Crippen molar-refractivity contribution < 1.29 is 33.3 Å². The molecule has 55 heavy (non-hydrogen) atoms. The molecule has 12 nitrogen and oxygen atoms in total. The average Bonchev–Trinajstić information content (AvgIpc) is 3.04. The van der Waals surface area contributed by atoms with E-state index in [1.54, 1.807) is 48.5 Å². The summed E-state index contributed by atoms with van der Waals surface area (Å²) in [5.41, 5.74) is 0.322. The highest BCUT2D eigenvalue weighted by molar-refractivity contribution is 6.01. The molecule has 0 aliphatic heterocycles. The van der Waals surface area contributed by atoms with Crippen molar-refractivity contribution in [1.82, 2.24) is 10.2 Å². The standard InChI is InChI=1S/C43H73N5O7/c1-12-13-31-48(40(51)55-43(9,10)11)37(47-39(50)54-42(6,7)8)45-30-22-18-16-14-15-17-20-24-35(46-38(49)53-41(3,4)5)25-21-19-23-32-52-36-28-26-34(27-29-36)33(2)44/h26-29,44H,12-25,30-32H2,1-11H3,(H,45,47,50). The van der Waals surface area contributed by atoms with Gasteiger partial charge in [-0.25, -0.2) is 19.3 Å². The summed E-state index contributed by atoms with van der Waals surface area (Å²) in [7, 11) is 0. The Bertz CT molecular complexity index is 1370. The molecule has 1 aromatic rings. The van der Waals surface area contributed by atoms with E-state index in [-0.39, 0.29) is 5.96 Å². The van der Waals surface area contributed by atoms with Crippen molar-refractivity contribution in [3.63, 3.8) is 0 Å². The maximum absolute atomic E-state index is 13.1. The highest BCUT2D eigenvalue weighted by Crippen LogP contribution is 2.17. The fourth-order valence-corrected chi connectivity index (χ4v) is 5.26. The Morgan fingerprint density at radius 1 is 0.709 bits per heavy atom. The van der Waals surface area contributed by atoms with Crippen LogP contribution in [0.25, 0.3) is 0 Å². The Morgan fingerprint density at radius 2 is 1.24 bits per heavy atom. The number of carbonyl (C=O) groups is 3. The Balaban J connectivity index is 2.60. The third-order valence-electron chi connectivity index (χ3n) is 7.91. The van der Waals surface area contributed by atoms with E-state index in [2.05, 4.69) is 15.3 Å². The molecule has 2 N–H and O–H groups in total. The van der Waals surface area contributed by atoms with Crippen LogP contribution in [0.15, 0.2) is 34.3 Å². The lowest BCUT2D eigenvalue weighted by Gasteiger charge is -2.29. The first kappa shape index (κ1) is 49.1. The van der Waals surface area contributed by atoms with E-state index >= 15 is 0 Å². The molecule has 0 aromatic heterocycles. The normalized spacial score (nSPS) is 12.6. The summed E-state index contributed by atoms with van der Waals surface area (Å²) in [5.74, 6) is 0.951. The molecular formula is C43H73N5O7. The molecule has 0 aliphatic carbocycles. The molecule has 0 spiro atoms. The first-order valence-corrected chi connectivity index (χ1v) is 20.3. The second-order valence-corrected chi connectivity index (χ2v) is 17.0. The molecule has 0 bridgehead atoms. The number of amides is 3. The zero-order valence-electron chi connectivity index (χ0n) is 36.0. The predicted octanol–water partition coefficient (Wildman–Crippen LogP) is 11.4. The number of hydrogen-bond acceptors (Lipinski definition) is 9. The van der Waals surface area contributed by atoms with E-state index in [4.69, 9.17) is 24.4 Å². The molecule has 312 valence electrons. The van der Waals surface area contributed by atoms with E-state index in [1.165, 1.54) is 4.90 Å². The highest BCUT2D eigenvalue weighted by atomic mass is 16.6. The minimum atomic E-state index is -0.700. The van der Waals surface area contributed by atoms with Gasteiger partial charge in [0.25, 0.3) is 0 Å². The second kappa shape index (κ2) is 25.2. The third kappa shape index (κ3) is 25.7. The van der Waals surface area contributed by atoms with Gasteiger partial charge in [-0.3, -0.25) is 10.3 Å². The first-order chi connectivity index (χ1) is 25.7. The van der Waals surface area contributed by atoms with Gasteiger partial charge in [0.15, 0.2) is 0 Å². The van der Waals surface area contributed by atoms with Crippen LogP contribution in [0.2, 0.25) is 0 Å². The van der Waals surface area contributed by atoms with Crippen LogP contribution in [0.4, 0.5) is 14.4 Å². The smallest absolute Gasteiger partial charge is 0.434 e. The summed E-state index contributed by atoms with van der Waals surface area (Å²) in [6.07, 6.45) is 11.1. The quantitative estimate of drug-likeness (QED) is 0.0546. The van der Waals surface area contributed by atoms with Crippen LogP contribution in [0.5, 0.6) is 5.75 Å². The van der Waals surface area contributed by atoms with Gasteiger partial charge in [-0.05, 0) is 150 Å². The highest BCUT2D eigenvalue weighted by Gasteiger charge is 2.28. The summed E-state index contributed by atoms with van der Waals surface area (Å²) in [6, 6.07) is 7.60. The van der Waals surface area contributed by atoms with Crippen molar-refractivity contribution in [3.8, 4) is 5.75 Å². The monoisotopic (exact) mass is 772 g/mol. The van der Waals surface area contributed by atoms with E-state index in [9.17, 15) is 14.4 Å². The summed E-state index contributed by atoms with van der Waals surface area (Å²) >= 11 is 0. The van der Waals surface area contributed by atoms with Crippen molar-refractivity contribution >= 4 is 35.7 Å². The van der Waals surface area contributed by atoms with Gasteiger partial charge in [0.05, 0.1) is 6.61 Å². The molecular weight excluding hydrogens is 699 g/mol. The van der Waals surface area contributed by atoms with Crippen molar-refractivity contribution in [2.45, 2.75) is 183 Å². The molecule has 3 amide bonds. The van der Waals surface area contributed by atoms with Gasteiger partial charge in [-0.15, -0.1) is 0 Å². The van der Waals surface area contributed by atoms with Gasteiger partial charge in [0, 0.05) is 24.5 Å². The molecule has 12 heteroatoms. The van der Waals surface area contributed by atoms with Gasteiger partial charge in [0.2, 0.25) is 5.96 Å². The van der Waals surface area contributed by atoms with Crippen LogP contribution in [0.1, 0.15) is 172 Å². The van der Waals surface area contributed by atoms with Crippen LogP contribution in [-0.2, 0) is 14.2 Å². The number of carbonyl (C=O) groups excluding carboxylic acids is 3. The minimum absolute atomic E-state index is 0.148. The number of hydrogen-bond donors (Lipinski definition) is 2. The maximum Gasteiger partial charge on any atom is 0.434 e. The SMILES string of the molecule is CCCCN(C(=O)OC(C)(C)C)C(=NCCCCCCCCCC(CCCCCOc1ccc(C(C)=N)cc1)=NC(=O)OC(C)(C)C)NC(=O)OC(C)(C)C.